The predicted octanol–water partition coefficient (Wildman–Crippen LogP) is 2.13. The summed E-state index contributed by atoms with van der Waals surface area (Å²) >= 11 is 5.70. The van der Waals surface area contributed by atoms with Crippen LogP contribution in [0, 0.1) is 13.8 Å². The summed E-state index contributed by atoms with van der Waals surface area (Å²) in [5.41, 5.74) is 1.25. The average Bonchev–Trinajstić information content (AvgIpc) is 2.48. The van der Waals surface area contributed by atoms with Crippen LogP contribution in [-0.2, 0) is 20.0 Å². The first-order valence-electron chi connectivity index (χ1n) is 6.48. The Kier molecular flexibility index (Phi) is 5.12. The van der Waals surface area contributed by atoms with Crippen molar-refractivity contribution in [1.29, 1.82) is 0 Å². The van der Waals surface area contributed by atoms with E-state index in [1.54, 1.807) is 26.0 Å². The maximum Gasteiger partial charge on any atom is 0.254 e. The second-order valence-electron chi connectivity index (χ2n) is 4.93. The van der Waals surface area contributed by atoms with Crippen LogP contribution < -0.4 is 9.66 Å². The normalized spacial score (nSPS) is 12.3. The molecule has 0 bridgehead atoms. The van der Waals surface area contributed by atoms with Gasteiger partial charge in [0.15, 0.2) is 0 Å². The van der Waals surface area contributed by atoms with Crippen LogP contribution in [0.5, 0.6) is 0 Å². The molecule has 0 amide bonds. The van der Waals surface area contributed by atoms with Crippen molar-refractivity contribution in [1.82, 2.24) is 9.66 Å². The minimum Gasteiger partial charge on any atom is -0.206 e. The quantitative estimate of drug-likeness (QED) is 0.784. The number of aryl methyl sites for hydroxylation is 2. The van der Waals surface area contributed by atoms with Crippen molar-refractivity contribution in [3.63, 3.8) is 0 Å². The molecule has 0 saturated carbocycles. The first-order chi connectivity index (χ1) is 10.6. The highest BCUT2D eigenvalue weighted by atomic mass is 35.5. The molecular formula is C14H15ClN2O4S2. The number of sulfonamides is 2. The van der Waals surface area contributed by atoms with Gasteiger partial charge in [0.25, 0.3) is 20.0 Å². The van der Waals surface area contributed by atoms with Gasteiger partial charge in [-0.3, -0.25) is 0 Å². The highest BCUT2D eigenvalue weighted by Gasteiger charge is 2.21. The molecule has 2 aromatic carbocycles. The van der Waals surface area contributed by atoms with Crippen LogP contribution in [0.2, 0.25) is 5.02 Å². The Bertz CT molecular complexity index is 924. The van der Waals surface area contributed by atoms with Crippen LogP contribution >= 0.6 is 11.6 Å². The molecule has 0 fully saturated rings. The summed E-state index contributed by atoms with van der Waals surface area (Å²) in [6.07, 6.45) is 0. The summed E-state index contributed by atoms with van der Waals surface area (Å²) in [4.78, 5) is 3.67. The van der Waals surface area contributed by atoms with Crippen LogP contribution in [0.25, 0.3) is 0 Å². The Hall–Kier alpha value is -1.45. The van der Waals surface area contributed by atoms with Crippen molar-refractivity contribution < 1.29 is 16.8 Å². The first kappa shape index (κ1) is 17.9. The van der Waals surface area contributed by atoms with Crippen LogP contribution in [0.1, 0.15) is 11.1 Å². The summed E-state index contributed by atoms with van der Waals surface area (Å²) in [7, 11) is -8.07. The molecule has 0 aliphatic rings. The van der Waals surface area contributed by atoms with Crippen molar-refractivity contribution in [3.05, 3.63) is 58.6 Å². The van der Waals surface area contributed by atoms with E-state index >= 15 is 0 Å². The molecule has 2 aromatic rings. The zero-order valence-electron chi connectivity index (χ0n) is 12.4. The lowest BCUT2D eigenvalue weighted by Gasteiger charge is -2.11. The van der Waals surface area contributed by atoms with Crippen molar-refractivity contribution in [2.75, 3.05) is 0 Å². The molecule has 0 radical (unpaired) electrons. The zero-order valence-corrected chi connectivity index (χ0v) is 14.8. The second kappa shape index (κ2) is 6.58. The number of benzene rings is 2. The third kappa shape index (κ3) is 4.30. The van der Waals surface area contributed by atoms with Gasteiger partial charge < -0.3 is 0 Å². The van der Waals surface area contributed by atoms with Crippen molar-refractivity contribution in [2.24, 2.45) is 0 Å². The molecule has 0 aliphatic heterocycles. The Morgan fingerprint density at radius 1 is 0.826 bits per heavy atom. The van der Waals surface area contributed by atoms with E-state index in [4.69, 9.17) is 11.6 Å². The van der Waals surface area contributed by atoms with Gasteiger partial charge in [-0.2, -0.15) is 0 Å². The molecule has 0 spiro atoms. The number of hydrazine groups is 1. The fourth-order valence-electron chi connectivity index (χ4n) is 1.83. The lowest BCUT2D eigenvalue weighted by Crippen LogP contribution is -2.41. The van der Waals surface area contributed by atoms with Gasteiger partial charge >= 0.3 is 0 Å². The molecule has 2 rings (SSSR count). The maximum atomic E-state index is 12.3. The van der Waals surface area contributed by atoms with E-state index in [9.17, 15) is 16.8 Å². The Morgan fingerprint density at radius 3 is 2.00 bits per heavy atom. The largest absolute Gasteiger partial charge is 0.254 e. The van der Waals surface area contributed by atoms with E-state index in [0.717, 1.165) is 5.56 Å². The molecule has 9 heteroatoms. The molecule has 6 nitrogen and oxygen atoms in total. The third-order valence-corrected chi connectivity index (χ3v) is 6.10. The first-order valence-corrected chi connectivity index (χ1v) is 9.83. The van der Waals surface area contributed by atoms with E-state index in [2.05, 4.69) is 0 Å². The van der Waals surface area contributed by atoms with Gasteiger partial charge in [-0.1, -0.05) is 23.7 Å². The van der Waals surface area contributed by atoms with Crippen LogP contribution in [0.3, 0.4) is 0 Å². The zero-order chi connectivity index (χ0) is 17.3. The van der Waals surface area contributed by atoms with Crippen molar-refractivity contribution in [2.45, 2.75) is 23.6 Å². The SMILES string of the molecule is Cc1ccc(C)c(S(=O)(=O)NNS(=O)(=O)c2ccc(Cl)cc2)c1. The molecule has 0 aliphatic carbocycles. The summed E-state index contributed by atoms with van der Waals surface area (Å²) in [5, 5.41) is 0.375. The van der Waals surface area contributed by atoms with Gasteiger partial charge in [0.2, 0.25) is 0 Å². The molecule has 0 atom stereocenters. The van der Waals surface area contributed by atoms with Gasteiger partial charge in [-0.25, -0.2) is 16.8 Å². The Labute approximate surface area is 140 Å². The smallest absolute Gasteiger partial charge is 0.206 e. The molecule has 2 N–H and O–H groups in total. The van der Waals surface area contributed by atoms with E-state index in [0.29, 0.717) is 10.6 Å². The van der Waals surface area contributed by atoms with Gasteiger partial charge in [0.05, 0.1) is 9.79 Å². The minimum atomic E-state index is -4.04. The monoisotopic (exact) mass is 374 g/mol. The number of rotatable bonds is 5. The van der Waals surface area contributed by atoms with E-state index < -0.39 is 20.0 Å². The summed E-state index contributed by atoms with van der Waals surface area (Å²) in [6, 6.07) is 10.2. The van der Waals surface area contributed by atoms with E-state index in [-0.39, 0.29) is 9.79 Å². The molecular weight excluding hydrogens is 360 g/mol. The van der Waals surface area contributed by atoms with Gasteiger partial charge in [-0.15, -0.1) is 9.66 Å². The Balaban J connectivity index is 2.25. The third-order valence-electron chi connectivity index (χ3n) is 3.07. The highest BCUT2D eigenvalue weighted by Crippen LogP contribution is 2.17. The number of nitrogens with one attached hydrogen (secondary N) is 2. The minimum absolute atomic E-state index is 0.0105. The molecule has 0 aromatic heterocycles. The topological polar surface area (TPSA) is 92.3 Å². The number of hydrogen-bond donors (Lipinski definition) is 2. The standard InChI is InChI=1S/C14H15ClN2O4S2/c1-10-3-4-11(2)14(9-10)23(20,21)17-16-22(18,19)13-7-5-12(15)6-8-13/h3-9,16-17H,1-2H3. The maximum absolute atomic E-state index is 12.3. The fraction of sp³-hybridized carbons (Fsp3) is 0.143. The highest BCUT2D eigenvalue weighted by molar-refractivity contribution is 7.92. The molecule has 0 unspecified atom stereocenters. The number of hydrogen-bond acceptors (Lipinski definition) is 4. The summed E-state index contributed by atoms with van der Waals surface area (Å²) < 4.78 is 48.7. The molecule has 124 valence electrons. The van der Waals surface area contributed by atoms with Crippen LogP contribution in [0.4, 0.5) is 0 Å². The lowest BCUT2D eigenvalue weighted by molar-refractivity contribution is 0.557. The average molecular weight is 375 g/mol. The van der Waals surface area contributed by atoms with E-state index in [1.807, 2.05) is 9.66 Å². The van der Waals surface area contributed by atoms with Gasteiger partial charge in [-0.05, 0) is 55.3 Å². The molecule has 0 heterocycles. The summed E-state index contributed by atoms with van der Waals surface area (Å²) in [6.45, 7) is 3.37. The van der Waals surface area contributed by atoms with Crippen molar-refractivity contribution >= 4 is 31.6 Å². The fourth-order valence-corrected chi connectivity index (χ4v) is 4.39. The molecule has 0 saturated heterocycles. The Morgan fingerprint density at radius 2 is 1.39 bits per heavy atom. The van der Waals surface area contributed by atoms with Gasteiger partial charge in [0, 0.05) is 5.02 Å². The summed E-state index contributed by atoms with van der Waals surface area (Å²) in [5.74, 6) is 0. The number of halogens is 1. The van der Waals surface area contributed by atoms with Crippen LogP contribution in [-0.4, -0.2) is 16.8 Å². The molecule has 23 heavy (non-hydrogen) atoms. The van der Waals surface area contributed by atoms with Crippen LogP contribution in [0.15, 0.2) is 52.3 Å². The second-order valence-corrected chi connectivity index (χ2v) is 8.70. The lowest BCUT2D eigenvalue weighted by atomic mass is 10.2. The van der Waals surface area contributed by atoms with Gasteiger partial charge in [0.1, 0.15) is 0 Å². The van der Waals surface area contributed by atoms with E-state index in [1.165, 1.54) is 30.3 Å². The predicted molar refractivity (Wildman–Crippen MR) is 88.0 cm³/mol. The van der Waals surface area contributed by atoms with Crippen molar-refractivity contribution in [3.8, 4) is 0 Å².